The molecule has 0 saturated heterocycles. The Bertz CT molecular complexity index is 10.1. The van der Waals surface area contributed by atoms with Crippen LogP contribution in [0.2, 0.25) is 0 Å². The molecule has 0 aliphatic carbocycles. The van der Waals surface area contributed by atoms with Crippen LogP contribution in [-0.4, -0.2) is 25.8 Å². The molecule has 0 rings (SSSR count). The van der Waals surface area contributed by atoms with Gasteiger partial charge >= 0.3 is 84.3 Å². The van der Waals surface area contributed by atoms with Crippen LogP contribution >= 0.6 is 29.7 Å². The summed E-state index contributed by atoms with van der Waals surface area (Å²) >= 11 is 0. The summed E-state index contributed by atoms with van der Waals surface area (Å²) in [5.74, 6) is 0. The van der Waals surface area contributed by atoms with Gasteiger partial charge < -0.3 is 29.7 Å². The molecule has 0 nitrogen and oxygen atoms in total. The van der Waals surface area contributed by atoms with Gasteiger partial charge in [0.25, 0.3) is 0 Å². The summed E-state index contributed by atoms with van der Waals surface area (Å²) in [4.78, 5) is 0. The van der Waals surface area contributed by atoms with E-state index >= 15 is 0 Å². The van der Waals surface area contributed by atoms with E-state index in [4.69, 9.17) is 0 Å². The molecular weight excluding hydrogens is 404 g/mol. The Balaban J connectivity index is 0. The van der Waals surface area contributed by atoms with Gasteiger partial charge in [-0.3, -0.25) is 0 Å². The summed E-state index contributed by atoms with van der Waals surface area (Å²) in [6, 6.07) is 0. The molecule has 0 spiro atoms. The van der Waals surface area contributed by atoms with Gasteiger partial charge in [-0.2, -0.15) is 0 Å². The van der Waals surface area contributed by atoms with Crippen molar-refractivity contribution in [2.45, 2.75) is 0 Å². The summed E-state index contributed by atoms with van der Waals surface area (Å²) in [7, 11) is 0. The molecule has 0 atom stereocenters. The minimum absolute atomic E-state index is 0. The van der Waals surface area contributed by atoms with Gasteiger partial charge in [-0.15, -0.1) is 0 Å². The molecule has 0 aliphatic rings. The molecular formula is InP3Zn3. The molecule has 24 valence electrons. The minimum atomic E-state index is 0. The van der Waals surface area contributed by atoms with Crippen molar-refractivity contribution < 1.29 is 58.4 Å². The molecule has 0 N–H and O–H groups in total. The van der Waals surface area contributed by atoms with Crippen molar-refractivity contribution in [3.8, 4) is 0 Å². The van der Waals surface area contributed by atoms with Crippen LogP contribution in [0.4, 0.5) is 0 Å². The largest absolute Gasteiger partial charge is 3.00 e. The SMILES string of the molecule is [In+3].[P-3].[P-3].[P-3].[Zn+2].[Zn+2].[Zn+2]. The first kappa shape index (κ1) is 68.3. The average molecular weight is 404 g/mol. The second kappa shape index (κ2) is 50.4. The molecule has 0 unspecified atom stereocenters. The van der Waals surface area contributed by atoms with Gasteiger partial charge in [0, 0.05) is 0 Å². The van der Waals surface area contributed by atoms with E-state index in [1.807, 2.05) is 0 Å². The van der Waals surface area contributed by atoms with E-state index in [1.54, 1.807) is 0 Å². The smallest absolute Gasteiger partial charge is 3.00 e. The molecule has 0 heterocycles. The quantitative estimate of drug-likeness (QED) is 0.429. The molecule has 0 aliphatic heterocycles. The van der Waals surface area contributed by atoms with Crippen molar-refractivity contribution in [2.24, 2.45) is 0 Å². The van der Waals surface area contributed by atoms with E-state index < -0.39 is 0 Å². The Hall–Kier alpha value is 4.03. The van der Waals surface area contributed by atoms with E-state index in [9.17, 15) is 0 Å². The van der Waals surface area contributed by atoms with Crippen LogP contribution in [0.1, 0.15) is 0 Å². The fraction of sp³-hybridized carbons (Fsp3) is 0. The van der Waals surface area contributed by atoms with Gasteiger partial charge in [0.15, 0.2) is 0 Å². The van der Waals surface area contributed by atoms with Crippen molar-refractivity contribution in [1.82, 2.24) is 0 Å². The Labute approximate surface area is 112 Å². The van der Waals surface area contributed by atoms with Gasteiger partial charge in [-0.25, -0.2) is 0 Å². The standard InChI is InChI=1S/In.3P.3Zn/q+3;3*-3;3*+2. The molecule has 0 aromatic heterocycles. The third kappa shape index (κ3) is 39.8. The molecule has 0 radical (unpaired) electrons. The topological polar surface area (TPSA) is 0 Å². The molecule has 0 amide bonds. The summed E-state index contributed by atoms with van der Waals surface area (Å²) in [5, 5.41) is 0. The van der Waals surface area contributed by atoms with E-state index in [-0.39, 0.29) is 114 Å². The number of rotatable bonds is 0. The van der Waals surface area contributed by atoms with E-state index in [2.05, 4.69) is 0 Å². The normalized spacial score (nSPS) is 0. The zero-order valence-corrected chi connectivity index (χ0v) is 18.9. The first-order valence-corrected chi connectivity index (χ1v) is 0. The Kier molecular flexibility index (Phi) is 491. The number of hydrogen-bond acceptors (Lipinski definition) is 0. The predicted molar refractivity (Wildman–Crippen MR) is 26.5 cm³/mol. The Morgan fingerprint density at radius 3 is 0.429 bits per heavy atom. The predicted octanol–water partition coefficient (Wildman–Crippen LogP) is 2.20. The van der Waals surface area contributed by atoms with Crippen molar-refractivity contribution in [3.63, 3.8) is 0 Å². The van der Waals surface area contributed by atoms with Crippen LogP contribution in [0.5, 0.6) is 0 Å². The van der Waals surface area contributed by atoms with E-state index in [0.717, 1.165) is 0 Å². The van der Waals surface area contributed by atoms with Gasteiger partial charge in [0.05, 0.1) is 0 Å². The fourth-order valence-corrected chi connectivity index (χ4v) is 0. The summed E-state index contributed by atoms with van der Waals surface area (Å²) in [6.45, 7) is 0. The van der Waals surface area contributed by atoms with Crippen LogP contribution in [0.15, 0.2) is 0 Å². The van der Waals surface area contributed by atoms with Gasteiger partial charge in [0.2, 0.25) is 0 Å². The summed E-state index contributed by atoms with van der Waals surface area (Å²) in [5.41, 5.74) is 0. The first-order chi connectivity index (χ1) is 0. The zero-order valence-electron chi connectivity index (χ0n) is 4.04. The molecule has 0 aromatic rings. The van der Waals surface area contributed by atoms with Crippen molar-refractivity contribution in [2.75, 3.05) is 0 Å². The average Bonchev–Trinajstić information content (AvgIpc) is 0. The summed E-state index contributed by atoms with van der Waals surface area (Å²) in [6.07, 6.45) is 0. The second-order valence-corrected chi connectivity index (χ2v) is 0. The van der Waals surface area contributed by atoms with Crippen molar-refractivity contribution >= 4 is 55.5 Å². The van der Waals surface area contributed by atoms with Crippen molar-refractivity contribution in [3.05, 3.63) is 0 Å². The maximum absolute atomic E-state index is 0. The van der Waals surface area contributed by atoms with E-state index in [0.29, 0.717) is 0 Å². The maximum atomic E-state index is 0. The second-order valence-electron chi connectivity index (χ2n) is 0. The van der Waals surface area contributed by atoms with Crippen LogP contribution in [0.25, 0.3) is 0 Å². The molecule has 0 fully saturated rings. The van der Waals surface area contributed by atoms with Crippen molar-refractivity contribution in [1.29, 1.82) is 0 Å². The third-order valence-corrected chi connectivity index (χ3v) is 0. The minimum Gasteiger partial charge on any atom is -3.00 e. The van der Waals surface area contributed by atoms with Gasteiger partial charge in [-0.1, -0.05) is 0 Å². The molecule has 7 heteroatoms. The molecule has 0 bridgehead atoms. The van der Waals surface area contributed by atoms with E-state index in [1.165, 1.54) is 0 Å². The molecule has 0 saturated carbocycles. The first-order valence-electron chi connectivity index (χ1n) is 0. The molecule has 0 aromatic carbocycles. The Morgan fingerprint density at radius 2 is 0.429 bits per heavy atom. The van der Waals surface area contributed by atoms with Gasteiger partial charge in [-0.05, 0) is 0 Å². The van der Waals surface area contributed by atoms with Crippen LogP contribution in [0.3, 0.4) is 0 Å². The van der Waals surface area contributed by atoms with Crippen LogP contribution in [0, 0.1) is 0 Å². The van der Waals surface area contributed by atoms with Gasteiger partial charge in [0.1, 0.15) is 0 Å². The maximum Gasteiger partial charge on any atom is 3.00 e. The third-order valence-electron chi connectivity index (χ3n) is 0. The van der Waals surface area contributed by atoms with Crippen LogP contribution in [-0.2, 0) is 58.4 Å². The monoisotopic (exact) mass is 400 g/mol. The molecule has 7 heavy (non-hydrogen) atoms. The summed E-state index contributed by atoms with van der Waals surface area (Å²) < 4.78 is 0. The fourth-order valence-electron chi connectivity index (χ4n) is 0. The van der Waals surface area contributed by atoms with Crippen LogP contribution < -0.4 is 0 Å². The number of hydrogen-bond donors (Lipinski definition) is 0. The Morgan fingerprint density at radius 1 is 0.429 bits per heavy atom. The zero-order chi connectivity index (χ0) is 0.